The summed E-state index contributed by atoms with van der Waals surface area (Å²) in [6, 6.07) is 5.01. The van der Waals surface area contributed by atoms with Gasteiger partial charge in [0.05, 0.1) is 4.92 Å². The number of imide groups is 2. The number of thioether (sulfide) groups is 2. The number of hydrogen-bond donors (Lipinski definition) is 2. The Morgan fingerprint density at radius 3 is 2.37 bits per heavy atom. The second-order valence-electron chi connectivity index (χ2n) is 5.40. The lowest BCUT2D eigenvalue weighted by Crippen LogP contribution is -2.42. The van der Waals surface area contributed by atoms with Crippen molar-refractivity contribution >= 4 is 63.1 Å². The summed E-state index contributed by atoms with van der Waals surface area (Å²) in [5, 5.41) is 11.7. The van der Waals surface area contributed by atoms with E-state index in [4.69, 9.17) is 0 Å². The number of nitrogens with zero attached hydrogens (tertiary/aromatic N) is 2. The second-order valence-corrected chi connectivity index (χ2v) is 7.60. The van der Waals surface area contributed by atoms with Gasteiger partial charge in [0.25, 0.3) is 16.2 Å². The molecular weight excluding hydrogens is 400 g/mol. The van der Waals surface area contributed by atoms with E-state index in [1.807, 2.05) is 5.32 Å². The van der Waals surface area contributed by atoms with Crippen molar-refractivity contribution < 1.29 is 28.9 Å². The Hall–Kier alpha value is -2.93. The molecule has 0 spiro atoms. The number of nitro groups is 1. The zero-order chi connectivity index (χ0) is 19.7. The molecule has 5 amide bonds. The van der Waals surface area contributed by atoms with Gasteiger partial charge < -0.3 is 5.32 Å². The summed E-state index contributed by atoms with van der Waals surface area (Å²) < 4.78 is 0. The first-order valence-corrected chi connectivity index (χ1v) is 9.10. The van der Waals surface area contributed by atoms with E-state index in [2.05, 4.69) is 5.32 Å². The maximum atomic E-state index is 12.4. The normalized spacial score (nSPS) is 22.1. The second kappa shape index (κ2) is 7.36. The lowest BCUT2D eigenvalue weighted by atomic mass is 10.2. The van der Waals surface area contributed by atoms with E-state index in [0.717, 1.165) is 0 Å². The van der Waals surface area contributed by atoms with Crippen LogP contribution in [0.1, 0.15) is 0 Å². The summed E-state index contributed by atoms with van der Waals surface area (Å²) in [6.45, 7) is -0.578. The van der Waals surface area contributed by atoms with Crippen LogP contribution in [0.15, 0.2) is 24.3 Å². The van der Waals surface area contributed by atoms with Crippen LogP contribution < -0.4 is 10.6 Å². The first kappa shape index (κ1) is 18.8. The molecule has 2 fully saturated rings. The quantitative estimate of drug-likeness (QED) is 0.533. The van der Waals surface area contributed by atoms with Crippen molar-refractivity contribution in [3.05, 3.63) is 34.4 Å². The number of non-ortho nitro benzene ring substituents is 1. The van der Waals surface area contributed by atoms with Crippen molar-refractivity contribution in [1.82, 2.24) is 10.2 Å². The highest BCUT2D eigenvalue weighted by atomic mass is 32.2. The molecule has 0 unspecified atom stereocenters. The number of carbonyl (C=O) groups is 5. The maximum absolute atomic E-state index is 12.4. The van der Waals surface area contributed by atoms with Crippen molar-refractivity contribution in [1.29, 1.82) is 0 Å². The van der Waals surface area contributed by atoms with Crippen LogP contribution in [0.2, 0.25) is 0 Å². The van der Waals surface area contributed by atoms with E-state index >= 15 is 0 Å². The number of carbonyl (C=O) groups excluding carboxylic acids is 5. The number of benzene rings is 1. The molecule has 3 rings (SSSR count). The molecular formula is C14H10N4O7S2. The molecule has 0 saturated carbocycles. The minimum atomic E-state index is -1.08. The third-order valence-corrected chi connectivity index (χ3v) is 5.99. The van der Waals surface area contributed by atoms with E-state index in [0.29, 0.717) is 28.4 Å². The molecule has 27 heavy (non-hydrogen) atoms. The number of hydrogen-bond acceptors (Lipinski definition) is 9. The summed E-state index contributed by atoms with van der Waals surface area (Å²) in [7, 11) is 0. The van der Waals surface area contributed by atoms with E-state index in [-0.39, 0.29) is 11.4 Å². The lowest BCUT2D eigenvalue weighted by Gasteiger charge is -2.14. The third-order valence-electron chi connectivity index (χ3n) is 3.61. The third kappa shape index (κ3) is 3.93. The summed E-state index contributed by atoms with van der Waals surface area (Å²) in [5.41, 5.74) is 0.101. The van der Waals surface area contributed by atoms with Crippen LogP contribution in [-0.4, -0.2) is 55.1 Å². The van der Waals surface area contributed by atoms with Crippen molar-refractivity contribution in [3.63, 3.8) is 0 Å². The van der Waals surface area contributed by atoms with Crippen molar-refractivity contribution in [2.75, 3.05) is 11.9 Å². The SMILES string of the molecule is O=C(CN1C(=O)S[C@@H]([C@@H]2SC(=O)NC2=O)C1=O)Nc1ccc([N+](=O)[O-])cc1. The van der Waals surface area contributed by atoms with E-state index in [9.17, 15) is 34.1 Å². The smallest absolute Gasteiger partial charge is 0.289 e. The monoisotopic (exact) mass is 410 g/mol. The van der Waals surface area contributed by atoms with Gasteiger partial charge in [-0.2, -0.15) is 0 Å². The molecule has 2 aliphatic heterocycles. The Kier molecular flexibility index (Phi) is 5.14. The largest absolute Gasteiger partial charge is 0.325 e. The Morgan fingerprint density at radius 1 is 1.15 bits per heavy atom. The van der Waals surface area contributed by atoms with Crippen LogP contribution in [-0.2, 0) is 14.4 Å². The predicted molar refractivity (Wildman–Crippen MR) is 95.1 cm³/mol. The zero-order valence-corrected chi connectivity index (χ0v) is 14.9. The van der Waals surface area contributed by atoms with Crippen LogP contribution in [0.5, 0.6) is 0 Å². The lowest BCUT2D eigenvalue weighted by molar-refractivity contribution is -0.384. The highest BCUT2D eigenvalue weighted by Gasteiger charge is 2.50. The van der Waals surface area contributed by atoms with E-state index < -0.39 is 50.2 Å². The highest BCUT2D eigenvalue weighted by molar-refractivity contribution is 8.19. The molecule has 0 aliphatic carbocycles. The van der Waals surface area contributed by atoms with Crippen molar-refractivity contribution in [2.24, 2.45) is 0 Å². The standard InChI is InChI=1S/C14H10N4O7S2/c19-8(15-6-1-3-7(4-2-6)18(24)25)5-17-12(21)10(27-14(17)23)9-11(20)16-13(22)26-9/h1-4,9-10H,5H2,(H,15,19)(H,16,20,22)/t9-,10-/m0/s1. The molecule has 0 aromatic heterocycles. The van der Waals surface area contributed by atoms with Crippen LogP contribution in [0.4, 0.5) is 21.0 Å². The Morgan fingerprint density at radius 2 is 1.81 bits per heavy atom. The molecule has 140 valence electrons. The van der Waals surface area contributed by atoms with E-state index in [1.165, 1.54) is 24.3 Å². The molecule has 1 aromatic rings. The van der Waals surface area contributed by atoms with Gasteiger partial charge in [-0.25, -0.2) is 0 Å². The molecule has 2 N–H and O–H groups in total. The fourth-order valence-electron chi connectivity index (χ4n) is 2.38. The van der Waals surface area contributed by atoms with Gasteiger partial charge in [-0.15, -0.1) is 0 Å². The van der Waals surface area contributed by atoms with Crippen LogP contribution in [0, 0.1) is 10.1 Å². The van der Waals surface area contributed by atoms with Gasteiger partial charge >= 0.3 is 0 Å². The predicted octanol–water partition coefficient (Wildman–Crippen LogP) is 0.949. The Labute approximate surface area is 159 Å². The van der Waals surface area contributed by atoms with Crippen molar-refractivity contribution in [3.8, 4) is 0 Å². The van der Waals surface area contributed by atoms with Crippen molar-refractivity contribution in [2.45, 2.75) is 10.5 Å². The van der Waals surface area contributed by atoms with Crippen LogP contribution in [0.3, 0.4) is 0 Å². The van der Waals surface area contributed by atoms with Gasteiger partial charge in [0.15, 0.2) is 0 Å². The summed E-state index contributed by atoms with van der Waals surface area (Å²) in [4.78, 5) is 70.2. The number of rotatable bonds is 5. The highest BCUT2D eigenvalue weighted by Crippen LogP contribution is 2.36. The minimum Gasteiger partial charge on any atom is -0.325 e. The number of nitrogens with one attached hydrogen (secondary N) is 2. The molecule has 2 atom stereocenters. The Bertz CT molecular complexity index is 873. The first-order valence-electron chi connectivity index (χ1n) is 7.34. The molecule has 0 bridgehead atoms. The fourth-order valence-corrected chi connectivity index (χ4v) is 4.48. The summed E-state index contributed by atoms with van der Waals surface area (Å²) in [5.74, 6) is -2.07. The van der Waals surface area contributed by atoms with Gasteiger partial charge in [0.2, 0.25) is 17.7 Å². The molecule has 2 aliphatic rings. The van der Waals surface area contributed by atoms with E-state index in [1.54, 1.807) is 0 Å². The van der Waals surface area contributed by atoms with Gasteiger partial charge in [0.1, 0.15) is 17.0 Å². The number of nitro benzene ring substituents is 1. The molecule has 2 saturated heterocycles. The zero-order valence-electron chi connectivity index (χ0n) is 13.2. The Balaban J connectivity index is 1.63. The van der Waals surface area contributed by atoms with Gasteiger partial charge in [-0.3, -0.25) is 44.3 Å². The summed E-state index contributed by atoms with van der Waals surface area (Å²) in [6.07, 6.45) is 0. The van der Waals surface area contributed by atoms with Gasteiger partial charge in [-0.1, -0.05) is 0 Å². The van der Waals surface area contributed by atoms with Crippen LogP contribution in [0.25, 0.3) is 0 Å². The molecule has 13 heteroatoms. The maximum Gasteiger partial charge on any atom is 0.289 e. The number of amides is 5. The minimum absolute atomic E-state index is 0.154. The molecule has 1 aromatic carbocycles. The number of anilines is 1. The average molecular weight is 410 g/mol. The molecule has 0 radical (unpaired) electrons. The average Bonchev–Trinajstić information content (AvgIpc) is 3.08. The van der Waals surface area contributed by atoms with Gasteiger partial charge in [-0.05, 0) is 35.7 Å². The van der Waals surface area contributed by atoms with Gasteiger partial charge in [0, 0.05) is 17.8 Å². The first-order chi connectivity index (χ1) is 12.8. The van der Waals surface area contributed by atoms with Crippen LogP contribution >= 0.6 is 23.5 Å². The summed E-state index contributed by atoms with van der Waals surface area (Å²) >= 11 is 1.22. The molecule has 11 nitrogen and oxygen atoms in total. The fraction of sp³-hybridized carbons (Fsp3) is 0.214. The topological polar surface area (TPSA) is 156 Å². The molecule has 2 heterocycles.